The first-order chi connectivity index (χ1) is 9.35. The van der Waals surface area contributed by atoms with Crippen molar-refractivity contribution < 1.29 is 5.11 Å². The number of hydrogen-bond donors (Lipinski definition) is 1. The summed E-state index contributed by atoms with van der Waals surface area (Å²) in [5.41, 5.74) is 1.14. The number of hydrogen-bond acceptors (Lipinski definition) is 1. The maximum absolute atomic E-state index is 10.5. The summed E-state index contributed by atoms with van der Waals surface area (Å²) >= 11 is 17.7. The zero-order chi connectivity index (χ0) is 14.8. The van der Waals surface area contributed by atoms with Crippen LogP contribution < -0.4 is 0 Å². The van der Waals surface area contributed by atoms with E-state index in [4.69, 9.17) is 34.8 Å². The maximum atomic E-state index is 10.5. The van der Waals surface area contributed by atoms with Crippen LogP contribution in [0.2, 0.25) is 15.1 Å². The van der Waals surface area contributed by atoms with Gasteiger partial charge in [-0.2, -0.15) is 0 Å². The molecule has 1 nitrogen and oxygen atoms in total. The normalized spacial score (nSPS) is 14.1. The lowest BCUT2D eigenvalue weighted by atomic mass is 9.90. The predicted octanol–water partition coefficient (Wildman–Crippen LogP) is 5.18. The van der Waals surface area contributed by atoms with E-state index in [-0.39, 0.29) is 0 Å². The second-order valence-corrected chi connectivity index (χ2v) is 6.48. The van der Waals surface area contributed by atoms with Gasteiger partial charge in [-0.25, -0.2) is 0 Å². The Bertz CT molecular complexity index is 591. The highest BCUT2D eigenvalue weighted by Gasteiger charge is 2.22. The van der Waals surface area contributed by atoms with Gasteiger partial charge in [0.05, 0.1) is 15.6 Å². The standard InChI is InChI=1S/C16H15Cl3O/c1-16(20,9-11-2-5-13(17)6-3-11)10-12-4-7-14(18)15(19)8-12/h2-8,20H,9-10H2,1H3. The fraction of sp³-hybridized carbons (Fsp3) is 0.250. The van der Waals surface area contributed by atoms with Crippen molar-refractivity contribution >= 4 is 34.8 Å². The Morgan fingerprint density at radius 1 is 0.850 bits per heavy atom. The molecule has 0 aromatic heterocycles. The van der Waals surface area contributed by atoms with E-state index in [0.29, 0.717) is 27.9 Å². The number of benzene rings is 2. The largest absolute Gasteiger partial charge is 0.389 e. The number of rotatable bonds is 4. The second-order valence-electron chi connectivity index (χ2n) is 5.23. The molecule has 0 saturated carbocycles. The van der Waals surface area contributed by atoms with Gasteiger partial charge in [0.25, 0.3) is 0 Å². The lowest BCUT2D eigenvalue weighted by Gasteiger charge is -2.24. The molecule has 0 aliphatic carbocycles. The fourth-order valence-corrected chi connectivity index (χ4v) is 2.64. The van der Waals surface area contributed by atoms with Crippen LogP contribution in [-0.2, 0) is 12.8 Å². The number of aliphatic hydroxyl groups is 1. The van der Waals surface area contributed by atoms with Crippen molar-refractivity contribution in [3.05, 3.63) is 68.7 Å². The minimum absolute atomic E-state index is 0.506. The highest BCUT2D eigenvalue weighted by Crippen LogP contribution is 2.26. The van der Waals surface area contributed by atoms with Gasteiger partial charge in [-0.15, -0.1) is 0 Å². The molecule has 0 spiro atoms. The molecule has 106 valence electrons. The summed E-state index contributed by atoms with van der Waals surface area (Å²) in [6.07, 6.45) is 1.05. The van der Waals surface area contributed by atoms with Crippen LogP contribution in [0, 0.1) is 0 Å². The SMILES string of the molecule is CC(O)(Cc1ccc(Cl)cc1)Cc1ccc(Cl)c(Cl)c1. The van der Waals surface area contributed by atoms with Crippen LogP contribution in [0.3, 0.4) is 0 Å². The average molecular weight is 330 g/mol. The van der Waals surface area contributed by atoms with Crippen molar-refractivity contribution in [3.8, 4) is 0 Å². The number of halogens is 3. The van der Waals surface area contributed by atoms with Gasteiger partial charge in [-0.3, -0.25) is 0 Å². The average Bonchev–Trinajstić information content (AvgIpc) is 2.36. The second kappa shape index (κ2) is 6.36. The van der Waals surface area contributed by atoms with Gasteiger partial charge >= 0.3 is 0 Å². The van der Waals surface area contributed by atoms with Crippen LogP contribution >= 0.6 is 34.8 Å². The first-order valence-corrected chi connectivity index (χ1v) is 7.40. The van der Waals surface area contributed by atoms with Crippen molar-refractivity contribution in [2.24, 2.45) is 0 Å². The van der Waals surface area contributed by atoms with Gasteiger partial charge in [0, 0.05) is 17.9 Å². The van der Waals surface area contributed by atoms with Crippen LogP contribution in [0.25, 0.3) is 0 Å². The maximum Gasteiger partial charge on any atom is 0.0700 e. The van der Waals surface area contributed by atoms with E-state index >= 15 is 0 Å². The Labute approximate surface area is 134 Å². The molecule has 0 aliphatic heterocycles. The smallest absolute Gasteiger partial charge is 0.0700 e. The molecule has 1 unspecified atom stereocenters. The summed E-state index contributed by atoms with van der Waals surface area (Å²) < 4.78 is 0. The van der Waals surface area contributed by atoms with Gasteiger partial charge in [-0.1, -0.05) is 53.0 Å². The molecule has 2 aromatic rings. The molecule has 0 heterocycles. The molecule has 0 amide bonds. The first-order valence-electron chi connectivity index (χ1n) is 6.26. The minimum atomic E-state index is -0.856. The Balaban J connectivity index is 2.09. The van der Waals surface area contributed by atoms with Gasteiger partial charge < -0.3 is 5.11 Å². The summed E-state index contributed by atoms with van der Waals surface area (Å²) in [5, 5.41) is 12.3. The quantitative estimate of drug-likeness (QED) is 0.819. The highest BCUT2D eigenvalue weighted by atomic mass is 35.5. The topological polar surface area (TPSA) is 20.2 Å². The van der Waals surface area contributed by atoms with E-state index in [1.165, 1.54) is 0 Å². The van der Waals surface area contributed by atoms with Crippen LogP contribution in [0.4, 0.5) is 0 Å². The van der Waals surface area contributed by atoms with E-state index in [2.05, 4.69) is 0 Å². The molecule has 0 fully saturated rings. The zero-order valence-electron chi connectivity index (χ0n) is 11.0. The van der Waals surface area contributed by atoms with Crippen molar-refractivity contribution in [2.45, 2.75) is 25.4 Å². The Morgan fingerprint density at radius 3 is 2.00 bits per heavy atom. The van der Waals surface area contributed by atoms with E-state index in [9.17, 15) is 5.11 Å². The third-order valence-corrected chi connectivity index (χ3v) is 4.06. The molecule has 0 bridgehead atoms. The third-order valence-electron chi connectivity index (χ3n) is 3.07. The van der Waals surface area contributed by atoms with Crippen molar-refractivity contribution in [1.82, 2.24) is 0 Å². The lowest BCUT2D eigenvalue weighted by Crippen LogP contribution is -2.30. The third kappa shape index (κ3) is 4.39. The van der Waals surface area contributed by atoms with E-state index in [1.807, 2.05) is 37.3 Å². The van der Waals surface area contributed by atoms with E-state index in [0.717, 1.165) is 11.1 Å². The lowest BCUT2D eigenvalue weighted by molar-refractivity contribution is 0.0608. The summed E-state index contributed by atoms with van der Waals surface area (Å²) in [6, 6.07) is 12.9. The summed E-state index contributed by atoms with van der Waals surface area (Å²) in [5.74, 6) is 0. The highest BCUT2D eigenvalue weighted by molar-refractivity contribution is 6.42. The molecule has 20 heavy (non-hydrogen) atoms. The van der Waals surface area contributed by atoms with Crippen molar-refractivity contribution in [2.75, 3.05) is 0 Å². The Morgan fingerprint density at radius 2 is 1.40 bits per heavy atom. The molecule has 0 aliphatic rings. The van der Waals surface area contributed by atoms with Gasteiger partial charge in [-0.05, 0) is 42.3 Å². The molecule has 1 atom stereocenters. The van der Waals surface area contributed by atoms with Crippen LogP contribution in [0.1, 0.15) is 18.1 Å². The molecule has 1 N–H and O–H groups in total. The molecule has 0 radical (unpaired) electrons. The molecule has 2 aromatic carbocycles. The van der Waals surface area contributed by atoms with Gasteiger partial charge in [0.2, 0.25) is 0 Å². The van der Waals surface area contributed by atoms with Crippen LogP contribution in [0.15, 0.2) is 42.5 Å². The minimum Gasteiger partial charge on any atom is -0.389 e. The Kier molecular flexibility index (Phi) is 4.98. The van der Waals surface area contributed by atoms with Gasteiger partial charge in [0.15, 0.2) is 0 Å². The zero-order valence-corrected chi connectivity index (χ0v) is 13.3. The summed E-state index contributed by atoms with van der Waals surface area (Å²) in [4.78, 5) is 0. The molecule has 2 rings (SSSR count). The predicted molar refractivity (Wildman–Crippen MR) is 85.9 cm³/mol. The van der Waals surface area contributed by atoms with E-state index in [1.54, 1.807) is 12.1 Å². The van der Waals surface area contributed by atoms with Crippen molar-refractivity contribution in [3.63, 3.8) is 0 Å². The van der Waals surface area contributed by atoms with Gasteiger partial charge in [0.1, 0.15) is 0 Å². The molecular weight excluding hydrogens is 315 g/mol. The summed E-state index contributed by atoms with van der Waals surface area (Å²) in [7, 11) is 0. The summed E-state index contributed by atoms with van der Waals surface area (Å²) in [6.45, 7) is 1.81. The van der Waals surface area contributed by atoms with Crippen LogP contribution in [-0.4, -0.2) is 10.7 Å². The Hall–Kier alpha value is -0.730. The van der Waals surface area contributed by atoms with E-state index < -0.39 is 5.60 Å². The molecule has 0 saturated heterocycles. The fourth-order valence-electron chi connectivity index (χ4n) is 2.19. The molecule has 4 heteroatoms. The van der Waals surface area contributed by atoms with Crippen molar-refractivity contribution in [1.29, 1.82) is 0 Å². The first kappa shape index (κ1) is 15.7. The van der Waals surface area contributed by atoms with Crippen LogP contribution in [0.5, 0.6) is 0 Å². The molecular formula is C16H15Cl3O. The monoisotopic (exact) mass is 328 g/mol.